The van der Waals surface area contributed by atoms with Crippen LogP contribution in [0.3, 0.4) is 0 Å². The molecule has 1 atom stereocenters. The maximum atomic E-state index is 13.5. The molecule has 40 heavy (non-hydrogen) atoms. The SMILES string of the molecule is N#Cc1ccc(COc2ccc(Cl)cc2CN2CCN(C(=O)CNC(=O)C3CC34CCC(F)(F)CC4)CC2)nc1. The number of rotatable bonds is 8. The third-order valence-electron chi connectivity index (χ3n) is 8.37. The zero-order chi connectivity index (χ0) is 28.3. The largest absolute Gasteiger partial charge is 0.487 e. The highest BCUT2D eigenvalue weighted by molar-refractivity contribution is 6.30. The van der Waals surface area contributed by atoms with E-state index in [0.717, 1.165) is 5.56 Å². The van der Waals surface area contributed by atoms with Gasteiger partial charge in [0, 0.05) is 68.3 Å². The smallest absolute Gasteiger partial charge is 0.248 e. The highest BCUT2D eigenvalue weighted by Crippen LogP contribution is 2.63. The van der Waals surface area contributed by atoms with E-state index in [9.17, 15) is 18.4 Å². The van der Waals surface area contributed by atoms with E-state index in [1.165, 1.54) is 6.20 Å². The van der Waals surface area contributed by atoms with Gasteiger partial charge in [-0.1, -0.05) is 11.6 Å². The lowest BCUT2D eigenvalue weighted by Gasteiger charge is -2.35. The molecule has 11 heteroatoms. The van der Waals surface area contributed by atoms with Crippen molar-refractivity contribution >= 4 is 23.4 Å². The Kier molecular flexibility index (Phi) is 8.24. The number of nitrogens with zero attached hydrogens (tertiary/aromatic N) is 4. The van der Waals surface area contributed by atoms with Crippen LogP contribution < -0.4 is 10.1 Å². The molecule has 2 heterocycles. The van der Waals surface area contributed by atoms with Crippen LogP contribution in [0.5, 0.6) is 5.75 Å². The number of nitrogens with one attached hydrogen (secondary N) is 1. The van der Waals surface area contributed by atoms with E-state index < -0.39 is 5.92 Å². The molecule has 2 amide bonds. The van der Waals surface area contributed by atoms with Gasteiger partial charge < -0.3 is 15.0 Å². The molecule has 1 unspecified atom stereocenters. The van der Waals surface area contributed by atoms with Gasteiger partial charge >= 0.3 is 0 Å². The first-order valence-electron chi connectivity index (χ1n) is 13.6. The number of hydrogen-bond acceptors (Lipinski definition) is 6. The summed E-state index contributed by atoms with van der Waals surface area (Å²) in [5, 5.41) is 12.3. The van der Waals surface area contributed by atoms with Crippen molar-refractivity contribution in [1.29, 1.82) is 5.26 Å². The molecule has 1 spiro atoms. The first-order chi connectivity index (χ1) is 19.2. The molecule has 1 saturated heterocycles. The summed E-state index contributed by atoms with van der Waals surface area (Å²) < 4.78 is 33.0. The lowest BCUT2D eigenvalue weighted by molar-refractivity contribution is -0.135. The van der Waals surface area contributed by atoms with Crippen molar-refractivity contribution in [3.63, 3.8) is 0 Å². The lowest BCUT2D eigenvalue weighted by Crippen LogP contribution is -2.51. The Hall–Kier alpha value is -3.29. The van der Waals surface area contributed by atoms with E-state index in [-0.39, 0.29) is 49.1 Å². The van der Waals surface area contributed by atoms with Crippen molar-refractivity contribution < 1.29 is 23.1 Å². The maximum absolute atomic E-state index is 13.5. The second-order valence-electron chi connectivity index (χ2n) is 11.0. The minimum absolute atomic E-state index is 0.0722. The topological polar surface area (TPSA) is 98.6 Å². The maximum Gasteiger partial charge on any atom is 0.248 e. The summed E-state index contributed by atoms with van der Waals surface area (Å²) in [5.74, 6) is -2.51. The van der Waals surface area contributed by atoms with Gasteiger partial charge in [-0.2, -0.15) is 5.26 Å². The normalized spacial score (nSPS) is 21.4. The highest BCUT2D eigenvalue weighted by Gasteiger charge is 2.60. The lowest BCUT2D eigenvalue weighted by atomic mass is 9.82. The molecule has 1 N–H and O–H groups in total. The van der Waals surface area contributed by atoms with Gasteiger partial charge in [0.2, 0.25) is 17.7 Å². The molecule has 0 radical (unpaired) electrons. The summed E-state index contributed by atoms with van der Waals surface area (Å²) >= 11 is 6.26. The number of piperazine rings is 1. The highest BCUT2D eigenvalue weighted by atomic mass is 35.5. The Morgan fingerprint density at radius 3 is 2.55 bits per heavy atom. The molecule has 2 aromatic rings. The number of aromatic nitrogens is 1. The van der Waals surface area contributed by atoms with Crippen LogP contribution in [-0.2, 0) is 22.7 Å². The molecule has 1 aromatic carbocycles. The minimum Gasteiger partial charge on any atom is -0.487 e. The van der Waals surface area contributed by atoms with E-state index in [4.69, 9.17) is 21.6 Å². The molecule has 8 nitrogen and oxygen atoms in total. The van der Waals surface area contributed by atoms with Crippen LogP contribution in [0, 0.1) is 22.7 Å². The number of ether oxygens (including phenoxy) is 1. The van der Waals surface area contributed by atoms with Crippen LogP contribution in [0.25, 0.3) is 0 Å². The monoisotopic (exact) mass is 571 g/mol. The Balaban J connectivity index is 1.07. The number of carbonyl (C=O) groups excluding carboxylic acids is 2. The van der Waals surface area contributed by atoms with Crippen molar-refractivity contribution in [3.8, 4) is 11.8 Å². The fraction of sp³-hybridized carbons (Fsp3) is 0.517. The van der Waals surface area contributed by atoms with Crippen molar-refractivity contribution in [3.05, 3.63) is 58.4 Å². The van der Waals surface area contributed by atoms with Crippen LogP contribution in [0.4, 0.5) is 8.78 Å². The predicted molar refractivity (Wildman–Crippen MR) is 144 cm³/mol. The number of amides is 2. The van der Waals surface area contributed by atoms with E-state index >= 15 is 0 Å². The average molecular weight is 572 g/mol. The second kappa shape index (κ2) is 11.7. The van der Waals surface area contributed by atoms with Crippen LogP contribution in [0.15, 0.2) is 36.5 Å². The van der Waals surface area contributed by atoms with Gasteiger partial charge in [-0.05, 0) is 55.0 Å². The van der Waals surface area contributed by atoms with E-state index in [1.54, 1.807) is 23.1 Å². The first-order valence-corrected chi connectivity index (χ1v) is 14.0. The summed E-state index contributed by atoms with van der Waals surface area (Å²) in [4.78, 5) is 33.6. The minimum atomic E-state index is -2.61. The van der Waals surface area contributed by atoms with Gasteiger partial charge in [-0.3, -0.25) is 19.5 Å². The molecular formula is C29H32ClF2N5O3. The average Bonchev–Trinajstić information content (AvgIpc) is 3.68. The molecule has 5 rings (SSSR count). The molecule has 1 aromatic heterocycles. The van der Waals surface area contributed by atoms with Gasteiger partial charge in [0.1, 0.15) is 18.4 Å². The number of carbonyl (C=O) groups is 2. The fourth-order valence-electron chi connectivity index (χ4n) is 5.72. The molecule has 3 aliphatic rings. The van der Waals surface area contributed by atoms with Crippen molar-refractivity contribution in [2.45, 2.75) is 51.2 Å². The Labute approximate surface area is 237 Å². The molecule has 0 bridgehead atoms. The van der Waals surface area contributed by atoms with E-state index in [2.05, 4.69) is 15.2 Å². The van der Waals surface area contributed by atoms with Gasteiger partial charge in [0.25, 0.3) is 0 Å². The number of hydrogen-bond donors (Lipinski definition) is 1. The van der Waals surface area contributed by atoms with Crippen LogP contribution in [0.2, 0.25) is 5.02 Å². The zero-order valence-corrected chi connectivity index (χ0v) is 22.9. The zero-order valence-electron chi connectivity index (χ0n) is 22.2. The Bertz CT molecular complexity index is 1280. The predicted octanol–water partition coefficient (Wildman–Crippen LogP) is 4.16. The summed E-state index contributed by atoms with van der Waals surface area (Å²) in [7, 11) is 0. The molecule has 2 aliphatic carbocycles. The molecule has 3 fully saturated rings. The number of halogens is 3. The molecule has 212 valence electrons. The third-order valence-corrected chi connectivity index (χ3v) is 8.60. The standard InChI is InChI=1S/C29H32ClF2N5O3/c30-22-2-4-25(40-19-23-3-1-20(15-33)16-34-23)21(13-22)18-36-9-11-37(12-10-36)26(38)17-35-27(39)24-14-28(24)5-7-29(31,32)8-6-28/h1-4,13,16,24H,5-12,14,17-19H2,(H,35,39). The molecule has 1 aliphatic heterocycles. The summed E-state index contributed by atoms with van der Waals surface area (Å²) in [5.41, 5.74) is 1.83. The van der Waals surface area contributed by atoms with Gasteiger partial charge in [-0.15, -0.1) is 0 Å². The van der Waals surface area contributed by atoms with Crippen molar-refractivity contribution in [2.24, 2.45) is 11.3 Å². The van der Waals surface area contributed by atoms with Crippen molar-refractivity contribution in [1.82, 2.24) is 20.1 Å². The number of alkyl halides is 2. The first kappa shape index (κ1) is 28.2. The fourth-order valence-corrected chi connectivity index (χ4v) is 5.91. The van der Waals surface area contributed by atoms with Crippen LogP contribution in [-0.4, -0.2) is 65.2 Å². The van der Waals surface area contributed by atoms with Gasteiger partial charge in [0.15, 0.2) is 0 Å². The van der Waals surface area contributed by atoms with Crippen molar-refractivity contribution in [2.75, 3.05) is 32.7 Å². The van der Waals surface area contributed by atoms with Crippen LogP contribution >= 0.6 is 11.6 Å². The summed E-state index contributed by atoms with van der Waals surface area (Å²) in [6, 6.07) is 11.0. The van der Waals surface area contributed by atoms with E-state index in [0.29, 0.717) is 74.0 Å². The van der Waals surface area contributed by atoms with Crippen LogP contribution in [0.1, 0.15) is 48.9 Å². The Morgan fingerprint density at radius 1 is 1.12 bits per heavy atom. The molecular weight excluding hydrogens is 540 g/mol. The Morgan fingerprint density at radius 2 is 1.88 bits per heavy atom. The summed E-state index contributed by atoms with van der Waals surface area (Å²) in [6.45, 7) is 3.15. The quantitative estimate of drug-likeness (QED) is 0.511. The third kappa shape index (κ3) is 6.70. The van der Waals surface area contributed by atoms with E-state index in [1.807, 2.05) is 18.2 Å². The number of pyridine rings is 1. The summed E-state index contributed by atoms with van der Waals surface area (Å²) in [6.07, 6.45) is 2.59. The van der Waals surface area contributed by atoms with Gasteiger partial charge in [-0.25, -0.2) is 8.78 Å². The number of benzene rings is 1. The number of nitriles is 1. The molecule has 2 saturated carbocycles. The second-order valence-corrected chi connectivity index (χ2v) is 11.5. The van der Waals surface area contributed by atoms with Gasteiger partial charge in [0.05, 0.1) is 17.8 Å².